The topological polar surface area (TPSA) is 97.2 Å². The maximum absolute atomic E-state index is 12.6. The van der Waals surface area contributed by atoms with Gasteiger partial charge in [-0.25, -0.2) is 0 Å². The molecule has 136 valence electrons. The van der Waals surface area contributed by atoms with Crippen LogP contribution in [0, 0.1) is 0 Å². The maximum atomic E-state index is 12.6. The van der Waals surface area contributed by atoms with Gasteiger partial charge in [-0.15, -0.1) is 10.2 Å². The fraction of sp³-hybridized carbons (Fsp3) is 0.158. The van der Waals surface area contributed by atoms with Gasteiger partial charge in [0.05, 0.1) is 18.8 Å². The Bertz CT molecular complexity index is 1100. The SMILES string of the molecule is COc1ccccc1-c1cc(C(=O)N[C@H](C)c2nnc3ccccn23)[nH]n1. The van der Waals surface area contributed by atoms with Crippen LogP contribution in [0.3, 0.4) is 0 Å². The minimum atomic E-state index is -0.326. The van der Waals surface area contributed by atoms with Gasteiger partial charge in [0.25, 0.3) is 5.91 Å². The van der Waals surface area contributed by atoms with Gasteiger partial charge in [-0.05, 0) is 37.3 Å². The van der Waals surface area contributed by atoms with Crippen LogP contribution in [-0.4, -0.2) is 37.8 Å². The normalized spacial score (nSPS) is 12.1. The predicted octanol–water partition coefficient (Wildman–Crippen LogP) is 2.62. The highest BCUT2D eigenvalue weighted by Gasteiger charge is 2.19. The Kier molecular flexibility index (Phi) is 4.29. The Hall–Kier alpha value is -3.68. The Labute approximate surface area is 155 Å². The molecule has 3 aromatic heterocycles. The van der Waals surface area contributed by atoms with Crippen molar-refractivity contribution in [3.8, 4) is 17.0 Å². The highest BCUT2D eigenvalue weighted by atomic mass is 16.5. The van der Waals surface area contributed by atoms with E-state index in [1.54, 1.807) is 13.2 Å². The van der Waals surface area contributed by atoms with E-state index in [1.807, 2.05) is 60.0 Å². The molecule has 0 unspecified atom stereocenters. The first-order valence-corrected chi connectivity index (χ1v) is 8.46. The number of methoxy groups -OCH3 is 1. The summed E-state index contributed by atoms with van der Waals surface area (Å²) in [5, 5.41) is 18.2. The molecule has 1 amide bonds. The first kappa shape index (κ1) is 16.8. The summed E-state index contributed by atoms with van der Waals surface area (Å²) in [7, 11) is 1.60. The van der Waals surface area contributed by atoms with E-state index in [1.165, 1.54) is 0 Å². The van der Waals surface area contributed by atoms with Gasteiger partial charge >= 0.3 is 0 Å². The van der Waals surface area contributed by atoms with Crippen LogP contribution in [0.5, 0.6) is 5.75 Å². The molecular weight excluding hydrogens is 344 g/mol. The van der Waals surface area contributed by atoms with Crippen LogP contribution < -0.4 is 10.1 Å². The summed E-state index contributed by atoms with van der Waals surface area (Å²) in [6, 6.07) is 14.5. The van der Waals surface area contributed by atoms with E-state index in [0.717, 1.165) is 11.2 Å². The summed E-state index contributed by atoms with van der Waals surface area (Å²) >= 11 is 0. The van der Waals surface area contributed by atoms with Crippen LogP contribution in [0.4, 0.5) is 0 Å². The van der Waals surface area contributed by atoms with Crippen molar-refractivity contribution in [3.63, 3.8) is 0 Å². The van der Waals surface area contributed by atoms with E-state index in [-0.39, 0.29) is 11.9 Å². The second kappa shape index (κ2) is 6.91. The van der Waals surface area contributed by atoms with Gasteiger partial charge in [0.2, 0.25) is 0 Å². The highest BCUT2D eigenvalue weighted by Crippen LogP contribution is 2.28. The van der Waals surface area contributed by atoms with Crippen molar-refractivity contribution in [1.82, 2.24) is 30.1 Å². The summed E-state index contributed by atoms with van der Waals surface area (Å²) in [6.07, 6.45) is 1.86. The Morgan fingerprint density at radius 1 is 1.19 bits per heavy atom. The van der Waals surface area contributed by atoms with Gasteiger partial charge in [-0.1, -0.05) is 18.2 Å². The number of nitrogens with one attached hydrogen (secondary N) is 2. The largest absolute Gasteiger partial charge is 0.496 e. The fourth-order valence-electron chi connectivity index (χ4n) is 2.93. The number of carbonyl (C=O) groups excluding carboxylic acids is 1. The number of nitrogens with zero attached hydrogens (tertiary/aromatic N) is 4. The zero-order chi connectivity index (χ0) is 18.8. The average Bonchev–Trinajstić information content (AvgIpc) is 3.35. The van der Waals surface area contributed by atoms with E-state index in [2.05, 4.69) is 25.7 Å². The highest BCUT2D eigenvalue weighted by molar-refractivity contribution is 5.93. The maximum Gasteiger partial charge on any atom is 0.269 e. The number of benzene rings is 1. The molecule has 4 aromatic rings. The number of H-pyrrole nitrogens is 1. The number of aromatic nitrogens is 5. The lowest BCUT2D eigenvalue weighted by Gasteiger charge is -2.11. The van der Waals surface area contributed by atoms with Crippen LogP contribution in [0.15, 0.2) is 54.7 Å². The average molecular weight is 362 g/mol. The van der Waals surface area contributed by atoms with Crippen molar-refractivity contribution in [2.75, 3.05) is 7.11 Å². The van der Waals surface area contributed by atoms with Gasteiger partial charge in [0.1, 0.15) is 11.4 Å². The molecule has 0 saturated heterocycles. The van der Waals surface area contributed by atoms with Crippen LogP contribution >= 0.6 is 0 Å². The van der Waals surface area contributed by atoms with Gasteiger partial charge in [-0.2, -0.15) is 5.10 Å². The zero-order valence-corrected chi connectivity index (χ0v) is 14.9. The smallest absolute Gasteiger partial charge is 0.269 e. The van der Waals surface area contributed by atoms with Crippen LogP contribution in [-0.2, 0) is 0 Å². The second-order valence-corrected chi connectivity index (χ2v) is 6.05. The summed E-state index contributed by atoms with van der Waals surface area (Å²) in [5.41, 5.74) is 2.54. The molecule has 27 heavy (non-hydrogen) atoms. The van der Waals surface area contributed by atoms with Crippen LogP contribution in [0.2, 0.25) is 0 Å². The summed E-state index contributed by atoms with van der Waals surface area (Å²) in [5.74, 6) is 1.08. The lowest BCUT2D eigenvalue weighted by Crippen LogP contribution is -2.28. The summed E-state index contributed by atoms with van der Waals surface area (Å²) in [4.78, 5) is 12.6. The van der Waals surface area contributed by atoms with E-state index in [0.29, 0.717) is 23.0 Å². The molecule has 0 bridgehead atoms. The van der Waals surface area contributed by atoms with Crippen molar-refractivity contribution in [3.05, 3.63) is 66.2 Å². The monoisotopic (exact) mass is 362 g/mol. The number of rotatable bonds is 5. The Morgan fingerprint density at radius 3 is 2.85 bits per heavy atom. The van der Waals surface area contributed by atoms with Crippen LogP contribution in [0.25, 0.3) is 16.9 Å². The number of fused-ring (bicyclic) bond motifs is 1. The molecule has 8 nitrogen and oxygen atoms in total. The third-order valence-electron chi connectivity index (χ3n) is 4.28. The van der Waals surface area contributed by atoms with Gasteiger partial charge < -0.3 is 10.1 Å². The molecule has 8 heteroatoms. The number of aromatic amines is 1. The van der Waals surface area contributed by atoms with E-state index in [4.69, 9.17) is 4.74 Å². The van der Waals surface area contributed by atoms with Crippen LogP contribution in [0.1, 0.15) is 29.3 Å². The van der Waals surface area contributed by atoms with Gasteiger partial charge in [-0.3, -0.25) is 14.3 Å². The lowest BCUT2D eigenvalue weighted by atomic mass is 10.1. The second-order valence-electron chi connectivity index (χ2n) is 6.05. The van der Waals surface area contributed by atoms with E-state index < -0.39 is 0 Å². The third kappa shape index (κ3) is 3.12. The molecule has 1 aromatic carbocycles. The van der Waals surface area contributed by atoms with Crippen molar-refractivity contribution < 1.29 is 9.53 Å². The molecule has 0 fully saturated rings. The summed E-state index contributed by atoms with van der Waals surface area (Å²) < 4.78 is 7.20. The fourth-order valence-corrected chi connectivity index (χ4v) is 2.93. The molecule has 1 atom stereocenters. The van der Waals surface area contributed by atoms with Crippen molar-refractivity contribution in [2.24, 2.45) is 0 Å². The third-order valence-corrected chi connectivity index (χ3v) is 4.28. The quantitative estimate of drug-likeness (QED) is 0.569. The minimum absolute atomic E-state index is 0.274. The Balaban J connectivity index is 1.54. The van der Waals surface area contributed by atoms with Crippen molar-refractivity contribution >= 4 is 11.6 Å². The minimum Gasteiger partial charge on any atom is -0.496 e. The number of carbonyl (C=O) groups is 1. The first-order valence-electron chi connectivity index (χ1n) is 8.46. The molecular formula is C19H18N6O2. The molecule has 0 saturated carbocycles. The molecule has 0 spiro atoms. The lowest BCUT2D eigenvalue weighted by molar-refractivity contribution is 0.0933. The Morgan fingerprint density at radius 2 is 2.00 bits per heavy atom. The molecule has 0 aliphatic heterocycles. The number of hydrogen-bond donors (Lipinski definition) is 2. The number of para-hydroxylation sites is 1. The molecule has 4 rings (SSSR count). The van der Waals surface area contributed by atoms with E-state index >= 15 is 0 Å². The first-order chi connectivity index (χ1) is 13.2. The van der Waals surface area contributed by atoms with Gasteiger partial charge in [0, 0.05) is 11.8 Å². The number of amides is 1. The van der Waals surface area contributed by atoms with Crippen molar-refractivity contribution in [2.45, 2.75) is 13.0 Å². The molecule has 0 aliphatic carbocycles. The summed E-state index contributed by atoms with van der Waals surface area (Å²) in [6.45, 7) is 1.86. The molecule has 2 N–H and O–H groups in total. The predicted molar refractivity (Wildman–Crippen MR) is 99.4 cm³/mol. The molecule has 0 radical (unpaired) electrons. The molecule has 0 aliphatic rings. The van der Waals surface area contributed by atoms with Crippen molar-refractivity contribution in [1.29, 1.82) is 0 Å². The standard InChI is InChI=1S/C19H18N6O2/c1-12(18-24-23-17-9-5-6-10-25(17)18)20-19(26)15-11-14(21-22-15)13-7-3-4-8-16(13)27-2/h3-12H,1-2H3,(H,20,26)(H,21,22)/t12-/m1/s1. The zero-order valence-electron chi connectivity index (χ0n) is 14.9. The van der Waals surface area contributed by atoms with E-state index in [9.17, 15) is 4.79 Å². The number of hydrogen-bond acceptors (Lipinski definition) is 5. The van der Waals surface area contributed by atoms with Gasteiger partial charge in [0.15, 0.2) is 11.5 Å². The molecule has 3 heterocycles. The number of pyridine rings is 1. The number of ether oxygens (including phenoxy) is 1.